The molecule has 0 unspecified atom stereocenters. The maximum absolute atomic E-state index is 10.9. The summed E-state index contributed by atoms with van der Waals surface area (Å²) in [5.74, 6) is -0.837. The summed E-state index contributed by atoms with van der Waals surface area (Å²) >= 11 is 3.57. The van der Waals surface area contributed by atoms with Crippen LogP contribution in [0.4, 0.5) is 0 Å². The quantitative estimate of drug-likeness (QED) is 0.743. The molecule has 0 atom stereocenters. The van der Waals surface area contributed by atoms with Gasteiger partial charge in [0.25, 0.3) is 0 Å². The van der Waals surface area contributed by atoms with Gasteiger partial charge < -0.3 is 5.11 Å². The van der Waals surface area contributed by atoms with Gasteiger partial charge in [-0.2, -0.15) is 5.10 Å². The van der Waals surface area contributed by atoms with Crippen molar-refractivity contribution >= 4 is 21.9 Å². The lowest BCUT2D eigenvalue weighted by Gasteiger charge is -2.19. The Morgan fingerprint density at radius 3 is 2.74 bits per heavy atom. The van der Waals surface area contributed by atoms with Crippen LogP contribution in [0.1, 0.15) is 25.2 Å². The molecule has 0 radical (unpaired) electrons. The van der Waals surface area contributed by atoms with Crippen molar-refractivity contribution in [2.75, 3.05) is 13.1 Å². The van der Waals surface area contributed by atoms with Crippen molar-refractivity contribution in [1.82, 2.24) is 14.7 Å². The first-order valence-electron chi connectivity index (χ1n) is 6.32. The second kappa shape index (κ2) is 7.45. The van der Waals surface area contributed by atoms with E-state index in [1.165, 1.54) is 0 Å². The molecular formula is C13H20BrN3O2. The highest BCUT2D eigenvalue weighted by Gasteiger charge is 2.17. The van der Waals surface area contributed by atoms with Crippen LogP contribution in [0.5, 0.6) is 0 Å². The molecule has 5 nitrogen and oxygen atoms in total. The summed E-state index contributed by atoms with van der Waals surface area (Å²) in [4.78, 5) is 12.7. The number of aryl methyl sites for hydroxylation is 2. The Morgan fingerprint density at radius 2 is 2.26 bits per heavy atom. The standard InChI is InChI=1S/C13H20BrN3O2/c1-4-7-16(9-12(18)19)8-11-13(14)10(5-2)15-17(11)6-3/h4H,1,5-9H2,2-3H3,(H,18,19). The third kappa shape index (κ3) is 4.18. The Hall–Kier alpha value is -1.14. The maximum atomic E-state index is 10.9. The van der Waals surface area contributed by atoms with Crippen LogP contribution < -0.4 is 0 Å². The second-order valence-electron chi connectivity index (χ2n) is 4.23. The van der Waals surface area contributed by atoms with Gasteiger partial charge in [-0.25, -0.2) is 0 Å². The molecule has 1 N–H and O–H groups in total. The molecule has 6 heteroatoms. The zero-order chi connectivity index (χ0) is 14.4. The molecular weight excluding hydrogens is 310 g/mol. The summed E-state index contributed by atoms with van der Waals surface area (Å²) in [6.45, 7) is 9.58. The Morgan fingerprint density at radius 1 is 1.58 bits per heavy atom. The van der Waals surface area contributed by atoms with E-state index < -0.39 is 5.97 Å². The lowest BCUT2D eigenvalue weighted by atomic mass is 10.3. The Kier molecular flexibility index (Phi) is 6.24. The van der Waals surface area contributed by atoms with Crippen LogP contribution in [0.3, 0.4) is 0 Å². The Balaban J connectivity index is 2.97. The van der Waals surface area contributed by atoms with Crippen molar-refractivity contribution in [3.63, 3.8) is 0 Å². The molecule has 1 heterocycles. The molecule has 0 fully saturated rings. The van der Waals surface area contributed by atoms with E-state index >= 15 is 0 Å². The van der Waals surface area contributed by atoms with E-state index in [9.17, 15) is 4.79 Å². The molecule has 0 aliphatic carbocycles. The summed E-state index contributed by atoms with van der Waals surface area (Å²) in [6, 6.07) is 0. The van der Waals surface area contributed by atoms with E-state index in [2.05, 4.69) is 34.5 Å². The molecule has 106 valence electrons. The van der Waals surface area contributed by atoms with Crippen LogP contribution in [0.15, 0.2) is 17.1 Å². The van der Waals surface area contributed by atoms with E-state index in [0.717, 1.165) is 28.8 Å². The van der Waals surface area contributed by atoms with Crippen LogP contribution in [0.25, 0.3) is 0 Å². The summed E-state index contributed by atoms with van der Waals surface area (Å²) in [6.07, 6.45) is 2.56. The molecule has 0 saturated heterocycles. The number of carbonyl (C=O) groups is 1. The highest BCUT2D eigenvalue weighted by atomic mass is 79.9. The number of aliphatic carboxylic acids is 1. The van der Waals surface area contributed by atoms with Gasteiger partial charge in [-0.05, 0) is 29.3 Å². The first kappa shape index (κ1) is 15.9. The summed E-state index contributed by atoms with van der Waals surface area (Å²) in [7, 11) is 0. The number of rotatable bonds is 8. The highest BCUT2D eigenvalue weighted by Crippen LogP contribution is 2.23. The number of nitrogens with zero attached hydrogens (tertiary/aromatic N) is 3. The number of carboxylic acid groups (broad SMARTS) is 1. The number of hydrogen-bond acceptors (Lipinski definition) is 3. The van der Waals surface area contributed by atoms with Crippen molar-refractivity contribution in [2.45, 2.75) is 33.4 Å². The maximum Gasteiger partial charge on any atom is 0.317 e. The van der Waals surface area contributed by atoms with Crippen LogP contribution in [-0.2, 0) is 24.3 Å². The minimum atomic E-state index is -0.837. The monoisotopic (exact) mass is 329 g/mol. The molecule has 1 rings (SSSR count). The van der Waals surface area contributed by atoms with E-state index in [1.807, 2.05) is 16.5 Å². The molecule has 0 saturated carbocycles. The molecule has 0 aromatic carbocycles. The SMILES string of the molecule is C=CCN(CC(=O)O)Cc1c(Br)c(CC)nn1CC. The van der Waals surface area contributed by atoms with Crippen LogP contribution in [-0.4, -0.2) is 38.8 Å². The van der Waals surface area contributed by atoms with E-state index in [1.54, 1.807) is 6.08 Å². The molecule has 1 aromatic rings. The fourth-order valence-electron chi connectivity index (χ4n) is 1.94. The zero-order valence-electron chi connectivity index (χ0n) is 11.4. The van der Waals surface area contributed by atoms with Gasteiger partial charge in [0.2, 0.25) is 0 Å². The van der Waals surface area contributed by atoms with Gasteiger partial charge in [0.15, 0.2) is 0 Å². The van der Waals surface area contributed by atoms with E-state index in [0.29, 0.717) is 13.1 Å². The van der Waals surface area contributed by atoms with Crippen molar-refractivity contribution < 1.29 is 9.90 Å². The van der Waals surface area contributed by atoms with Crippen LogP contribution >= 0.6 is 15.9 Å². The molecule has 0 aliphatic rings. The average molecular weight is 330 g/mol. The molecule has 0 bridgehead atoms. The highest BCUT2D eigenvalue weighted by molar-refractivity contribution is 9.10. The molecule has 0 spiro atoms. The normalized spacial score (nSPS) is 10.9. The minimum absolute atomic E-state index is 0.00515. The van der Waals surface area contributed by atoms with Crippen molar-refractivity contribution in [1.29, 1.82) is 0 Å². The minimum Gasteiger partial charge on any atom is -0.480 e. The molecule has 0 amide bonds. The fourth-order valence-corrected chi connectivity index (χ4v) is 2.63. The largest absolute Gasteiger partial charge is 0.480 e. The zero-order valence-corrected chi connectivity index (χ0v) is 13.0. The number of carboxylic acids is 1. The van der Waals surface area contributed by atoms with Crippen molar-refractivity contribution in [2.24, 2.45) is 0 Å². The summed E-state index contributed by atoms with van der Waals surface area (Å²) in [5.41, 5.74) is 2.02. The van der Waals surface area contributed by atoms with Crippen molar-refractivity contribution in [3.8, 4) is 0 Å². The predicted molar refractivity (Wildman–Crippen MR) is 78.1 cm³/mol. The first-order valence-corrected chi connectivity index (χ1v) is 7.11. The van der Waals surface area contributed by atoms with Crippen LogP contribution in [0.2, 0.25) is 0 Å². The number of hydrogen-bond donors (Lipinski definition) is 1. The number of aromatic nitrogens is 2. The fraction of sp³-hybridized carbons (Fsp3) is 0.538. The lowest BCUT2D eigenvalue weighted by Crippen LogP contribution is -2.30. The van der Waals surface area contributed by atoms with Crippen molar-refractivity contribution in [3.05, 3.63) is 28.5 Å². The summed E-state index contributed by atoms with van der Waals surface area (Å²) in [5, 5.41) is 13.4. The molecule has 19 heavy (non-hydrogen) atoms. The van der Waals surface area contributed by atoms with Gasteiger partial charge in [0.1, 0.15) is 0 Å². The van der Waals surface area contributed by atoms with Gasteiger partial charge >= 0.3 is 5.97 Å². The summed E-state index contributed by atoms with van der Waals surface area (Å²) < 4.78 is 2.90. The van der Waals surface area contributed by atoms with E-state index in [4.69, 9.17) is 5.11 Å². The first-order chi connectivity index (χ1) is 9.03. The average Bonchev–Trinajstić information content (AvgIpc) is 2.66. The molecule has 0 aliphatic heterocycles. The topological polar surface area (TPSA) is 58.4 Å². The number of halogens is 1. The third-order valence-corrected chi connectivity index (χ3v) is 3.73. The van der Waals surface area contributed by atoms with Gasteiger partial charge in [0.05, 0.1) is 22.4 Å². The smallest absolute Gasteiger partial charge is 0.317 e. The lowest BCUT2D eigenvalue weighted by molar-refractivity contribution is -0.138. The van der Waals surface area contributed by atoms with E-state index in [-0.39, 0.29) is 6.54 Å². The Labute approximate surface area is 122 Å². The Bertz CT molecular complexity index is 457. The second-order valence-corrected chi connectivity index (χ2v) is 5.02. The predicted octanol–water partition coefficient (Wildman–Crippen LogP) is 2.30. The van der Waals surface area contributed by atoms with Gasteiger partial charge in [-0.15, -0.1) is 6.58 Å². The van der Waals surface area contributed by atoms with Gasteiger partial charge in [0, 0.05) is 19.6 Å². The molecule has 1 aromatic heterocycles. The third-order valence-electron chi connectivity index (χ3n) is 2.81. The van der Waals surface area contributed by atoms with Crippen LogP contribution in [0, 0.1) is 0 Å². The van der Waals surface area contributed by atoms with Gasteiger partial charge in [-0.3, -0.25) is 14.4 Å². The van der Waals surface area contributed by atoms with Gasteiger partial charge in [-0.1, -0.05) is 13.0 Å².